The molecule has 15 heteroatoms. The quantitative estimate of drug-likeness (QED) is 0.223. The standard InChI is InChI=1S/C4H2Cl3N3.C4H3Cl2N3S.CH4.2Na.H2S/c5-2-1(8)3(6)10-4(7)9-2;5-2-1(7)3(10)9-4(6)8-2;;;;/h8H2;7H2,(H,8,9,10);1H4;;;1H2. The van der Waals surface area contributed by atoms with Crippen LogP contribution in [0.2, 0.25) is 26.0 Å². The van der Waals surface area contributed by atoms with Crippen LogP contribution in [0.15, 0.2) is 0 Å². The van der Waals surface area contributed by atoms with Crippen molar-refractivity contribution >= 4 is 139 Å². The molecule has 0 bridgehead atoms. The Hall–Kier alpha value is 1.78. The summed E-state index contributed by atoms with van der Waals surface area (Å²) in [6.07, 6.45) is 0. The molecule has 0 saturated carbocycles. The van der Waals surface area contributed by atoms with E-state index in [4.69, 9.17) is 81.7 Å². The Bertz CT molecular complexity index is 682. The van der Waals surface area contributed by atoms with Crippen LogP contribution in [0.3, 0.4) is 0 Å². The van der Waals surface area contributed by atoms with Gasteiger partial charge in [0.25, 0.3) is 0 Å². The second-order valence-corrected chi connectivity index (χ2v) is 5.23. The van der Waals surface area contributed by atoms with Crippen LogP contribution in [0, 0.1) is 4.64 Å². The zero-order valence-corrected chi connectivity index (χ0v) is 21.4. The average molecular weight is 491 g/mol. The third-order valence-corrected chi connectivity index (χ3v) is 3.24. The molecule has 2 rings (SSSR count). The first-order valence-corrected chi connectivity index (χ1v) is 15.9. The van der Waals surface area contributed by atoms with E-state index in [-0.39, 0.29) is 63.0 Å². The summed E-state index contributed by atoms with van der Waals surface area (Å²) in [5, 5.41) is 0.508. The van der Waals surface area contributed by atoms with Crippen LogP contribution in [0.4, 0.5) is 11.4 Å². The molecular weight excluding hydrogens is 480 g/mol. The molecule has 0 radical (unpaired) electrons. The second kappa shape index (κ2) is 15.8. The second-order valence-electron chi connectivity index (χ2n) is 3.05. The molecule has 6 nitrogen and oxygen atoms in total. The van der Waals surface area contributed by atoms with Crippen molar-refractivity contribution in [3.05, 3.63) is 30.7 Å². The van der Waals surface area contributed by atoms with Gasteiger partial charge in [-0.3, -0.25) is 0 Å². The number of hydrogen-bond acceptors (Lipinski definition) is 6. The van der Waals surface area contributed by atoms with Crippen molar-refractivity contribution in [3.8, 4) is 0 Å². The van der Waals surface area contributed by atoms with Crippen LogP contribution in [-0.2, 0) is 0 Å². The van der Waals surface area contributed by atoms with Gasteiger partial charge >= 0.3 is 43.6 Å². The maximum absolute atomic E-state index is 5.55. The molecule has 0 atom stereocenters. The number of halogens is 5. The van der Waals surface area contributed by atoms with Crippen LogP contribution in [-0.4, -0.2) is 63.6 Å². The van der Waals surface area contributed by atoms with Gasteiger partial charge in [-0.05, 0) is 23.2 Å². The molecule has 2 aromatic rings. The zero-order chi connectivity index (χ0) is 17.4. The molecule has 0 fully saturated rings. The molecule has 2 heterocycles. The first kappa shape index (κ1) is 30.5. The van der Waals surface area contributed by atoms with Gasteiger partial charge in [0.15, 0.2) is 14.9 Å². The fraction of sp³-hybridized carbons (Fsp3) is 0.111. The molecule has 0 aliphatic rings. The number of aromatic amines is 1. The number of hydrogen-bond donors (Lipinski definition) is 3. The summed E-state index contributed by atoms with van der Waals surface area (Å²) in [7, 11) is 0. The van der Waals surface area contributed by atoms with Crippen LogP contribution < -0.4 is 11.5 Å². The molecule has 5 N–H and O–H groups in total. The first-order chi connectivity index (χ1) is 10.2. The molecular formula is C9H11Cl5N6Na2S2. The molecule has 2 aromatic heterocycles. The monoisotopic (exact) mass is 488 g/mol. The van der Waals surface area contributed by atoms with Crippen molar-refractivity contribution in [1.29, 1.82) is 0 Å². The zero-order valence-electron chi connectivity index (χ0n) is 11.8. The van der Waals surface area contributed by atoms with E-state index in [9.17, 15) is 0 Å². The molecule has 126 valence electrons. The Morgan fingerprint density at radius 1 is 0.875 bits per heavy atom. The van der Waals surface area contributed by atoms with Gasteiger partial charge in [-0.2, -0.15) is 13.5 Å². The van der Waals surface area contributed by atoms with E-state index in [2.05, 4.69) is 19.9 Å². The van der Waals surface area contributed by atoms with E-state index in [0.717, 1.165) is 0 Å². The fourth-order valence-electron chi connectivity index (χ4n) is 0.822. The van der Waals surface area contributed by atoms with Gasteiger partial charge in [-0.1, -0.05) is 54.4 Å². The average Bonchev–Trinajstić information content (AvgIpc) is 2.45. The number of nitrogens with one attached hydrogen (secondary N) is 1. The summed E-state index contributed by atoms with van der Waals surface area (Å²) >= 11 is 34.9. The first-order valence-electron chi connectivity index (χ1n) is 5.57. The van der Waals surface area contributed by atoms with Gasteiger partial charge in [-0.25, -0.2) is 15.0 Å². The van der Waals surface area contributed by atoms with Gasteiger partial charge < -0.3 is 16.5 Å². The topological polar surface area (TPSA) is 106 Å². The number of nitrogens with zero attached hydrogens (tertiary/aromatic N) is 3. The Morgan fingerprint density at radius 2 is 1.29 bits per heavy atom. The van der Waals surface area contributed by atoms with Crippen molar-refractivity contribution in [3.63, 3.8) is 0 Å². The normalized spacial score (nSPS) is 8.54. The van der Waals surface area contributed by atoms with Crippen molar-refractivity contribution in [1.82, 2.24) is 19.9 Å². The summed E-state index contributed by atoms with van der Waals surface area (Å²) in [4.78, 5) is 13.2. The summed E-state index contributed by atoms with van der Waals surface area (Å²) in [5.74, 6) is 0. The number of nitrogen functional groups attached to an aromatic ring is 2. The van der Waals surface area contributed by atoms with E-state index in [0.29, 0.717) is 0 Å². The SMILES string of the molecule is C.Nc1c(Cl)[nH]c(Cl)nc1=S.Nc1c(Cl)nc(Cl)nc1Cl.S.[Na][Na]. The summed E-state index contributed by atoms with van der Waals surface area (Å²) in [5.41, 5.74) is 11.1. The predicted octanol–water partition coefficient (Wildman–Crippen LogP) is 4.03. The minimum atomic E-state index is -0.01000. The number of anilines is 2. The number of H-pyrrole nitrogens is 1. The molecule has 0 unspecified atom stereocenters. The molecule has 0 saturated heterocycles. The fourth-order valence-corrected chi connectivity index (χ4v) is 2.17. The van der Waals surface area contributed by atoms with Gasteiger partial charge in [0, 0.05) is 0 Å². The Morgan fingerprint density at radius 3 is 1.67 bits per heavy atom. The predicted molar refractivity (Wildman–Crippen MR) is 114 cm³/mol. The molecule has 0 aromatic carbocycles. The van der Waals surface area contributed by atoms with Gasteiger partial charge in [0.05, 0.1) is 0 Å². The van der Waals surface area contributed by atoms with E-state index >= 15 is 0 Å². The minimum absolute atomic E-state index is 0. The number of rotatable bonds is 0. The van der Waals surface area contributed by atoms with Crippen molar-refractivity contribution < 1.29 is 0 Å². The third-order valence-electron chi connectivity index (χ3n) is 1.70. The molecule has 0 amide bonds. The van der Waals surface area contributed by atoms with Crippen LogP contribution in [0.1, 0.15) is 7.43 Å². The maximum atomic E-state index is 5.55. The Balaban J connectivity index is -0.000000310. The third kappa shape index (κ3) is 10.8. The van der Waals surface area contributed by atoms with Crippen LogP contribution in [0.25, 0.3) is 0 Å². The van der Waals surface area contributed by atoms with E-state index in [1.807, 2.05) is 0 Å². The summed E-state index contributed by atoms with van der Waals surface area (Å²) in [6, 6.07) is 0. The van der Waals surface area contributed by atoms with Crippen molar-refractivity contribution in [2.24, 2.45) is 0 Å². The Kier molecular flexibility index (Phi) is 20.1. The van der Waals surface area contributed by atoms with Crippen LogP contribution in [0.5, 0.6) is 0 Å². The van der Waals surface area contributed by atoms with Gasteiger partial charge in [0.1, 0.15) is 16.5 Å². The summed E-state index contributed by atoms with van der Waals surface area (Å²) in [6.45, 7) is 0. The summed E-state index contributed by atoms with van der Waals surface area (Å²) < 4.78 is 0.216. The van der Waals surface area contributed by atoms with Gasteiger partial charge in [0.2, 0.25) is 10.6 Å². The molecule has 0 spiro atoms. The van der Waals surface area contributed by atoms with E-state index in [1.165, 1.54) is 43.6 Å². The Labute approximate surface area is 205 Å². The number of aromatic nitrogens is 4. The van der Waals surface area contributed by atoms with Crippen LogP contribution >= 0.6 is 83.7 Å². The van der Waals surface area contributed by atoms with E-state index in [1.54, 1.807) is 0 Å². The van der Waals surface area contributed by atoms with E-state index < -0.39 is 0 Å². The van der Waals surface area contributed by atoms with Crippen molar-refractivity contribution in [2.45, 2.75) is 7.43 Å². The van der Waals surface area contributed by atoms with Gasteiger partial charge in [-0.15, -0.1) is 0 Å². The molecule has 0 aliphatic carbocycles. The number of nitrogens with two attached hydrogens (primary N) is 2. The van der Waals surface area contributed by atoms with Crippen molar-refractivity contribution in [2.75, 3.05) is 11.5 Å². The molecule has 24 heavy (non-hydrogen) atoms. The molecule has 0 aliphatic heterocycles.